The van der Waals surface area contributed by atoms with E-state index in [2.05, 4.69) is 30.6 Å². The lowest BCUT2D eigenvalue weighted by molar-refractivity contribution is -0.124. The first-order valence-corrected chi connectivity index (χ1v) is 11.9. The normalized spacial score (nSPS) is 12.7. The lowest BCUT2D eigenvalue weighted by Gasteiger charge is -2.18. The predicted molar refractivity (Wildman–Crippen MR) is 121 cm³/mol. The van der Waals surface area contributed by atoms with Gasteiger partial charge < -0.3 is 32.1 Å². The summed E-state index contributed by atoms with van der Waals surface area (Å²) < 4.78 is 0. The lowest BCUT2D eigenvalue weighted by atomic mass is 10.2. The third-order valence-electron chi connectivity index (χ3n) is 4.15. The highest BCUT2D eigenvalue weighted by atomic mass is 33.1. The van der Waals surface area contributed by atoms with E-state index in [-0.39, 0.29) is 50.6 Å². The van der Waals surface area contributed by atoms with Gasteiger partial charge in [0.2, 0.25) is 22.0 Å². The molecule has 2 aromatic heterocycles. The minimum absolute atomic E-state index is 0.0723. The summed E-state index contributed by atoms with van der Waals surface area (Å²) in [4.78, 5) is 63.0. The van der Waals surface area contributed by atoms with Crippen LogP contribution >= 0.6 is 21.6 Å². The van der Waals surface area contributed by atoms with E-state index in [4.69, 9.17) is 11.5 Å². The summed E-state index contributed by atoms with van der Waals surface area (Å²) >= 11 is 0. The number of H-pyrrole nitrogens is 2. The Morgan fingerprint density at radius 2 is 1.22 bits per heavy atom. The molecule has 0 aliphatic rings. The van der Waals surface area contributed by atoms with E-state index >= 15 is 0 Å². The van der Waals surface area contributed by atoms with Gasteiger partial charge in [-0.05, 0) is 21.6 Å². The fourth-order valence-corrected chi connectivity index (χ4v) is 4.48. The molecule has 2 aromatic rings. The molecule has 2 amide bonds. The van der Waals surface area contributed by atoms with Gasteiger partial charge in [-0.2, -0.15) is 0 Å². The molecule has 0 fully saturated rings. The highest BCUT2D eigenvalue weighted by molar-refractivity contribution is 8.87. The first-order valence-electron chi connectivity index (χ1n) is 9.78. The second-order valence-corrected chi connectivity index (χ2v) is 8.82. The third kappa shape index (κ3) is 8.82. The van der Waals surface area contributed by atoms with Crippen LogP contribution in [0.15, 0.2) is 25.0 Å². The molecule has 0 saturated heterocycles. The van der Waals surface area contributed by atoms with Crippen molar-refractivity contribution in [3.05, 3.63) is 36.4 Å². The zero-order chi connectivity index (χ0) is 23.3. The summed E-state index contributed by atoms with van der Waals surface area (Å²) in [5.41, 5.74) is 12.1. The van der Waals surface area contributed by atoms with Gasteiger partial charge in [-0.3, -0.25) is 19.2 Å². The number of hydrogen-bond acceptors (Lipinski definition) is 10. The fourth-order valence-electron chi connectivity index (χ4n) is 2.61. The number of hydrogen-bond donors (Lipinski definition) is 6. The molecule has 32 heavy (non-hydrogen) atoms. The molecule has 0 aliphatic heterocycles. The number of imidazole rings is 2. The van der Waals surface area contributed by atoms with Crippen LogP contribution in [-0.4, -0.2) is 67.2 Å². The van der Waals surface area contributed by atoms with Crippen molar-refractivity contribution in [3.8, 4) is 0 Å². The van der Waals surface area contributed by atoms with E-state index < -0.39 is 22.3 Å². The molecule has 0 aliphatic carbocycles. The molecule has 2 heterocycles. The Labute approximate surface area is 192 Å². The molecule has 0 radical (unpaired) electrons. The van der Waals surface area contributed by atoms with Crippen LogP contribution in [0.2, 0.25) is 0 Å². The maximum Gasteiger partial charge on any atom is 0.222 e. The van der Waals surface area contributed by atoms with Crippen molar-refractivity contribution in [2.24, 2.45) is 11.5 Å². The molecule has 0 aromatic carbocycles. The van der Waals surface area contributed by atoms with Gasteiger partial charge in [0.15, 0.2) is 0 Å². The highest BCUT2D eigenvalue weighted by Crippen LogP contribution is 2.27. The minimum atomic E-state index is -0.877. The summed E-state index contributed by atoms with van der Waals surface area (Å²) in [6, 6.07) is -1.75. The van der Waals surface area contributed by atoms with Crippen LogP contribution in [0.5, 0.6) is 0 Å². The van der Waals surface area contributed by atoms with E-state index in [1.54, 1.807) is 12.4 Å². The van der Waals surface area contributed by atoms with E-state index in [1.165, 1.54) is 12.7 Å². The molecular formula is C18H26N8O4S2. The van der Waals surface area contributed by atoms with Crippen LogP contribution < -0.4 is 22.1 Å². The van der Waals surface area contributed by atoms with Crippen molar-refractivity contribution >= 4 is 43.6 Å². The summed E-state index contributed by atoms with van der Waals surface area (Å²) in [5, 5.41) is 4.43. The summed E-state index contributed by atoms with van der Waals surface area (Å²) in [6.07, 6.45) is 6.54. The number of rotatable bonds is 12. The number of carbonyl (C=O) groups is 4. The Hall–Kier alpha value is -2.68. The number of aromatic amines is 2. The maximum atomic E-state index is 12.8. The zero-order valence-electron chi connectivity index (χ0n) is 17.2. The average molecular weight is 483 g/mol. The summed E-state index contributed by atoms with van der Waals surface area (Å²) in [7, 11) is 1.40. The molecule has 14 heteroatoms. The Kier molecular flexibility index (Phi) is 10.9. The van der Waals surface area contributed by atoms with Gasteiger partial charge in [0.1, 0.15) is 12.1 Å². The molecule has 12 nitrogen and oxygen atoms in total. The van der Waals surface area contributed by atoms with Crippen LogP contribution in [0.25, 0.3) is 0 Å². The first-order chi connectivity index (χ1) is 15.4. The molecule has 0 bridgehead atoms. The number of carbonyl (C=O) groups excluding carboxylic acids is 4. The summed E-state index contributed by atoms with van der Waals surface area (Å²) in [5.74, 6) is -0.734. The molecule has 8 N–H and O–H groups in total. The molecule has 0 saturated carbocycles. The lowest BCUT2D eigenvalue weighted by Crippen LogP contribution is -2.43. The van der Waals surface area contributed by atoms with Crippen LogP contribution in [-0.2, 0) is 32.0 Å². The van der Waals surface area contributed by atoms with Gasteiger partial charge >= 0.3 is 0 Å². The SMILES string of the molecule is NCCC(=O)NC(Cc1cnc[nH]1)C(=O)SSC(=O)C(Cc1cnc[nH]1)NC(=O)CCN. The van der Waals surface area contributed by atoms with E-state index in [0.29, 0.717) is 33.0 Å². The number of aromatic nitrogens is 4. The Bertz CT molecular complexity index is 803. The Balaban J connectivity index is 2.00. The largest absolute Gasteiger partial charge is 0.348 e. The molecule has 2 unspecified atom stereocenters. The topological polar surface area (TPSA) is 202 Å². The number of nitrogens with zero attached hydrogens (tertiary/aromatic N) is 2. The predicted octanol–water partition coefficient (Wildman–Crippen LogP) is -0.980. The van der Waals surface area contributed by atoms with Crippen molar-refractivity contribution < 1.29 is 19.2 Å². The van der Waals surface area contributed by atoms with Crippen molar-refractivity contribution in [1.29, 1.82) is 0 Å². The standard InChI is InChI=1S/C18H26N8O4S2/c19-3-1-15(27)25-13(5-11-7-21-9-23-11)17(29)31-32-18(30)14(26-16(28)2-4-20)6-12-8-22-10-24-12/h7-10,13-14H,1-6,19-20H2,(H,21,23)(H,22,24)(H,25,27)(H,26,28). The van der Waals surface area contributed by atoms with Crippen LogP contribution in [0.3, 0.4) is 0 Å². The quantitative estimate of drug-likeness (QED) is 0.204. The molecular weight excluding hydrogens is 456 g/mol. The first kappa shape index (κ1) is 25.6. The second-order valence-electron chi connectivity index (χ2n) is 6.68. The van der Waals surface area contributed by atoms with Crippen molar-refractivity contribution in [1.82, 2.24) is 30.6 Å². The second kappa shape index (κ2) is 13.7. The van der Waals surface area contributed by atoms with Crippen LogP contribution in [0.1, 0.15) is 24.2 Å². The summed E-state index contributed by atoms with van der Waals surface area (Å²) in [6.45, 7) is 0.296. The van der Waals surface area contributed by atoms with Gasteiger partial charge in [-0.25, -0.2) is 9.97 Å². The van der Waals surface area contributed by atoms with Crippen LogP contribution in [0.4, 0.5) is 0 Å². The number of nitrogens with two attached hydrogens (primary N) is 2. The van der Waals surface area contributed by atoms with Crippen molar-refractivity contribution in [2.75, 3.05) is 13.1 Å². The van der Waals surface area contributed by atoms with Crippen molar-refractivity contribution in [3.63, 3.8) is 0 Å². The Morgan fingerprint density at radius 3 is 1.53 bits per heavy atom. The number of amides is 2. The molecule has 2 atom stereocenters. The zero-order valence-corrected chi connectivity index (χ0v) is 18.8. The molecule has 2 rings (SSSR count). The van der Waals surface area contributed by atoms with Gasteiger partial charge in [-0.1, -0.05) is 0 Å². The average Bonchev–Trinajstić information content (AvgIpc) is 3.45. The van der Waals surface area contributed by atoms with Crippen LogP contribution in [0, 0.1) is 0 Å². The molecule has 174 valence electrons. The van der Waals surface area contributed by atoms with Gasteiger partial charge in [0.25, 0.3) is 0 Å². The van der Waals surface area contributed by atoms with Gasteiger partial charge in [0.05, 0.1) is 12.7 Å². The fraction of sp³-hybridized carbons (Fsp3) is 0.444. The van der Waals surface area contributed by atoms with Crippen molar-refractivity contribution in [2.45, 2.75) is 37.8 Å². The highest BCUT2D eigenvalue weighted by Gasteiger charge is 2.27. The van der Waals surface area contributed by atoms with E-state index in [1.807, 2.05) is 0 Å². The Morgan fingerprint density at radius 1 is 0.812 bits per heavy atom. The molecule has 0 spiro atoms. The monoisotopic (exact) mass is 482 g/mol. The van der Waals surface area contributed by atoms with E-state index in [0.717, 1.165) is 0 Å². The number of nitrogens with one attached hydrogen (secondary N) is 4. The van der Waals surface area contributed by atoms with Gasteiger partial charge in [0, 0.05) is 62.6 Å². The van der Waals surface area contributed by atoms with E-state index in [9.17, 15) is 19.2 Å². The smallest absolute Gasteiger partial charge is 0.222 e. The van der Waals surface area contributed by atoms with Gasteiger partial charge in [-0.15, -0.1) is 0 Å². The minimum Gasteiger partial charge on any atom is -0.348 e. The maximum absolute atomic E-state index is 12.8. The third-order valence-corrected chi connectivity index (χ3v) is 6.36.